The van der Waals surface area contributed by atoms with E-state index in [9.17, 15) is 0 Å². The van der Waals surface area contributed by atoms with Crippen molar-refractivity contribution in [3.63, 3.8) is 0 Å². The van der Waals surface area contributed by atoms with Crippen LogP contribution in [-0.4, -0.2) is 21.5 Å². The van der Waals surface area contributed by atoms with E-state index in [1.807, 2.05) is 19.9 Å². The summed E-state index contributed by atoms with van der Waals surface area (Å²) in [6, 6.07) is 10.8. The molecule has 3 aromatic rings. The molecule has 1 aliphatic rings. The van der Waals surface area contributed by atoms with Gasteiger partial charge >= 0.3 is 0 Å². The molecule has 2 heterocycles. The Morgan fingerprint density at radius 1 is 1.08 bits per heavy atom. The molecule has 0 amide bonds. The summed E-state index contributed by atoms with van der Waals surface area (Å²) >= 11 is 0. The summed E-state index contributed by atoms with van der Waals surface area (Å²) in [5, 5.41) is 0. The second kappa shape index (κ2) is 6.67. The molecule has 0 fully saturated rings. The van der Waals surface area contributed by atoms with Gasteiger partial charge in [0.1, 0.15) is 17.9 Å². The van der Waals surface area contributed by atoms with Crippen LogP contribution in [0, 0.1) is 19.8 Å². The Hall–Kier alpha value is -2.69. The number of aromatic nitrogens is 3. The van der Waals surface area contributed by atoms with E-state index in [0.717, 1.165) is 42.5 Å². The first-order valence-electron chi connectivity index (χ1n) is 8.69. The highest BCUT2D eigenvalue weighted by atomic mass is 16.4. The second-order valence-electron chi connectivity index (χ2n) is 6.81. The van der Waals surface area contributed by atoms with Crippen molar-refractivity contribution in [3.8, 4) is 0 Å². The standard InChI is InChI=1S/C20H22N4O/c1-14-7-19(23-13-22-14)24(12-20-21-10-15(2)25-20)11-16-8-17-5-3-4-6-18(17)9-16/h3-7,10,13,16H,8-9,11-12H2,1-2H3. The van der Waals surface area contributed by atoms with Crippen molar-refractivity contribution in [1.82, 2.24) is 15.0 Å². The fraction of sp³-hybridized carbons (Fsp3) is 0.350. The van der Waals surface area contributed by atoms with E-state index in [-0.39, 0.29) is 0 Å². The van der Waals surface area contributed by atoms with Gasteiger partial charge in [0, 0.05) is 18.3 Å². The number of rotatable bonds is 5. The van der Waals surface area contributed by atoms with Crippen molar-refractivity contribution < 1.29 is 4.42 Å². The fourth-order valence-electron chi connectivity index (χ4n) is 3.58. The van der Waals surface area contributed by atoms with Crippen LogP contribution in [0.2, 0.25) is 0 Å². The smallest absolute Gasteiger partial charge is 0.213 e. The Labute approximate surface area is 147 Å². The lowest BCUT2D eigenvalue weighted by atomic mass is 10.1. The Morgan fingerprint density at radius 2 is 1.84 bits per heavy atom. The zero-order valence-corrected chi connectivity index (χ0v) is 14.6. The number of aryl methyl sites for hydroxylation is 2. The summed E-state index contributed by atoms with van der Waals surface area (Å²) in [6.07, 6.45) is 5.62. The molecule has 0 spiro atoms. The van der Waals surface area contributed by atoms with Crippen LogP contribution in [-0.2, 0) is 19.4 Å². The largest absolute Gasteiger partial charge is 0.444 e. The van der Waals surface area contributed by atoms with Gasteiger partial charge in [-0.25, -0.2) is 15.0 Å². The minimum atomic E-state index is 0.573. The zero-order valence-electron chi connectivity index (χ0n) is 14.6. The number of fused-ring (bicyclic) bond motifs is 1. The molecule has 1 aromatic carbocycles. The molecule has 4 rings (SSSR count). The van der Waals surface area contributed by atoms with Gasteiger partial charge in [-0.15, -0.1) is 0 Å². The number of hydrogen-bond acceptors (Lipinski definition) is 5. The molecule has 0 radical (unpaired) electrons. The molecular weight excluding hydrogens is 312 g/mol. The van der Waals surface area contributed by atoms with Gasteiger partial charge in [-0.1, -0.05) is 24.3 Å². The molecule has 0 aliphatic heterocycles. The third-order valence-electron chi connectivity index (χ3n) is 4.72. The summed E-state index contributed by atoms with van der Waals surface area (Å²) in [6.45, 7) is 5.46. The lowest BCUT2D eigenvalue weighted by molar-refractivity contribution is 0.450. The molecule has 1 aliphatic carbocycles. The van der Waals surface area contributed by atoms with Crippen LogP contribution in [0.1, 0.15) is 28.5 Å². The van der Waals surface area contributed by atoms with E-state index >= 15 is 0 Å². The third kappa shape index (κ3) is 3.55. The minimum Gasteiger partial charge on any atom is -0.444 e. The number of oxazole rings is 1. The monoisotopic (exact) mass is 334 g/mol. The Balaban J connectivity index is 1.55. The van der Waals surface area contributed by atoms with Crippen LogP contribution in [0.3, 0.4) is 0 Å². The van der Waals surface area contributed by atoms with Crippen LogP contribution in [0.4, 0.5) is 5.82 Å². The quantitative estimate of drug-likeness (QED) is 0.715. The van der Waals surface area contributed by atoms with Crippen molar-refractivity contribution in [2.45, 2.75) is 33.2 Å². The van der Waals surface area contributed by atoms with Crippen LogP contribution < -0.4 is 4.90 Å². The average molecular weight is 334 g/mol. The summed E-state index contributed by atoms with van der Waals surface area (Å²) in [7, 11) is 0. The molecular formula is C20H22N4O. The van der Waals surface area contributed by atoms with Crippen molar-refractivity contribution in [2.75, 3.05) is 11.4 Å². The van der Waals surface area contributed by atoms with Crippen molar-refractivity contribution >= 4 is 5.82 Å². The second-order valence-corrected chi connectivity index (χ2v) is 6.81. The number of hydrogen-bond donors (Lipinski definition) is 0. The molecule has 0 N–H and O–H groups in total. The van der Waals surface area contributed by atoms with Crippen LogP contribution in [0.25, 0.3) is 0 Å². The first-order chi connectivity index (χ1) is 12.2. The van der Waals surface area contributed by atoms with Gasteiger partial charge in [-0.3, -0.25) is 0 Å². The lowest BCUT2D eigenvalue weighted by Crippen LogP contribution is -2.30. The molecule has 128 valence electrons. The van der Waals surface area contributed by atoms with Crippen LogP contribution >= 0.6 is 0 Å². The maximum Gasteiger partial charge on any atom is 0.213 e. The molecule has 0 saturated heterocycles. The van der Waals surface area contributed by atoms with Gasteiger partial charge in [0.25, 0.3) is 0 Å². The van der Waals surface area contributed by atoms with E-state index < -0.39 is 0 Å². The zero-order chi connectivity index (χ0) is 17.2. The maximum absolute atomic E-state index is 5.70. The van der Waals surface area contributed by atoms with E-state index in [2.05, 4.69) is 44.1 Å². The van der Waals surface area contributed by atoms with E-state index in [0.29, 0.717) is 12.5 Å². The van der Waals surface area contributed by atoms with Crippen LogP contribution in [0.5, 0.6) is 0 Å². The van der Waals surface area contributed by atoms with Gasteiger partial charge in [0.15, 0.2) is 0 Å². The normalized spacial score (nSPS) is 13.8. The van der Waals surface area contributed by atoms with Gasteiger partial charge in [0.05, 0.1) is 12.7 Å². The highest BCUT2D eigenvalue weighted by molar-refractivity contribution is 5.40. The van der Waals surface area contributed by atoms with E-state index in [4.69, 9.17) is 4.42 Å². The SMILES string of the molecule is Cc1cc(N(Cc2ncc(C)o2)CC2Cc3ccccc3C2)ncn1. The summed E-state index contributed by atoms with van der Waals surface area (Å²) in [4.78, 5) is 15.3. The lowest BCUT2D eigenvalue weighted by Gasteiger charge is -2.25. The minimum absolute atomic E-state index is 0.573. The molecule has 0 unspecified atom stereocenters. The molecule has 0 bridgehead atoms. The van der Waals surface area contributed by atoms with Gasteiger partial charge in [0.2, 0.25) is 5.89 Å². The number of nitrogens with zero attached hydrogens (tertiary/aromatic N) is 4. The topological polar surface area (TPSA) is 55.1 Å². The van der Waals surface area contributed by atoms with Crippen LogP contribution in [0.15, 0.2) is 47.3 Å². The molecule has 0 atom stereocenters. The van der Waals surface area contributed by atoms with Gasteiger partial charge < -0.3 is 9.32 Å². The molecule has 25 heavy (non-hydrogen) atoms. The summed E-state index contributed by atoms with van der Waals surface area (Å²) in [5.41, 5.74) is 3.91. The molecule has 2 aromatic heterocycles. The predicted octanol–water partition coefficient (Wildman–Crippen LogP) is 3.50. The molecule has 0 saturated carbocycles. The Bertz CT molecular complexity index is 848. The first-order valence-corrected chi connectivity index (χ1v) is 8.69. The highest BCUT2D eigenvalue weighted by Gasteiger charge is 2.24. The molecule has 5 heteroatoms. The first kappa shape index (κ1) is 15.8. The average Bonchev–Trinajstić information content (AvgIpc) is 3.19. The predicted molar refractivity (Wildman–Crippen MR) is 96.4 cm³/mol. The molecule has 5 nitrogen and oxygen atoms in total. The third-order valence-corrected chi connectivity index (χ3v) is 4.72. The van der Waals surface area contributed by atoms with E-state index in [1.165, 1.54) is 11.1 Å². The van der Waals surface area contributed by atoms with Gasteiger partial charge in [-0.2, -0.15) is 0 Å². The fourth-order valence-corrected chi connectivity index (χ4v) is 3.58. The highest BCUT2D eigenvalue weighted by Crippen LogP contribution is 2.28. The Morgan fingerprint density at radius 3 is 2.48 bits per heavy atom. The van der Waals surface area contributed by atoms with E-state index in [1.54, 1.807) is 12.5 Å². The number of benzene rings is 1. The Kier molecular flexibility index (Phi) is 4.22. The maximum atomic E-state index is 5.70. The number of anilines is 1. The van der Waals surface area contributed by atoms with Crippen molar-refractivity contribution in [2.24, 2.45) is 5.92 Å². The van der Waals surface area contributed by atoms with Gasteiger partial charge in [-0.05, 0) is 43.7 Å². The summed E-state index contributed by atoms with van der Waals surface area (Å²) < 4.78 is 5.70. The summed E-state index contributed by atoms with van der Waals surface area (Å²) in [5.74, 6) is 3.06. The van der Waals surface area contributed by atoms with Crippen molar-refractivity contribution in [3.05, 3.63) is 71.3 Å². The van der Waals surface area contributed by atoms with Crippen molar-refractivity contribution in [1.29, 1.82) is 0 Å².